The number of rotatable bonds is 6. The highest BCUT2D eigenvalue weighted by Crippen LogP contribution is 2.24. The molecule has 0 aliphatic heterocycles. The smallest absolute Gasteiger partial charge is 0.265 e. The number of hydrogen-bond donors (Lipinski definition) is 2. The van der Waals surface area contributed by atoms with Crippen molar-refractivity contribution in [2.45, 2.75) is 16.7 Å². The van der Waals surface area contributed by atoms with Crippen molar-refractivity contribution in [2.75, 3.05) is 22.8 Å². The van der Waals surface area contributed by atoms with Crippen LogP contribution in [0.2, 0.25) is 0 Å². The second-order valence-electron chi connectivity index (χ2n) is 4.22. The summed E-state index contributed by atoms with van der Waals surface area (Å²) >= 11 is 1.56. The van der Waals surface area contributed by atoms with E-state index in [0.717, 1.165) is 4.90 Å². The van der Waals surface area contributed by atoms with Crippen LogP contribution in [0, 0.1) is 0 Å². The first kappa shape index (κ1) is 15.7. The first-order valence-corrected chi connectivity index (χ1v) is 9.13. The van der Waals surface area contributed by atoms with Crippen molar-refractivity contribution < 1.29 is 8.42 Å². The summed E-state index contributed by atoms with van der Waals surface area (Å²) in [7, 11) is -3.68. The van der Waals surface area contributed by atoms with E-state index >= 15 is 0 Å². The zero-order chi connectivity index (χ0) is 15.3. The minimum absolute atomic E-state index is 0.140. The predicted octanol–water partition coefficient (Wildman–Crippen LogP) is 3.04. The van der Waals surface area contributed by atoms with Crippen molar-refractivity contribution in [3.05, 3.63) is 42.6 Å². The fourth-order valence-electron chi connectivity index (χ4n) is 1.80. The average molecular weight is 323 g/mol. The first-order chi connectivity index (χ1) is 10.1. The summed E-state index contributed by atoms with van der Waals surface area (Å²) in [6.07, 6.45) is 3.50. The fourth-order valence-corrected chi connectivity index (χ4v) is 3.45. The molecular weight excluding hydrogens is 306 g/mol. The predicted molar refractivity (Wildman–Crippen MR) is 87.4 cm³/mol. The van der Waals surface area contributed by atoms with E-state index in [-0.39, 0.29) is 4.90 Å². The monoisotopic (exact) mass is 323 g/mol. The van der Waals surface area contributed by atoms with Crippen LogP contribution < -0.4 is 10.0 Å². The summed E-state index contributed by atoms with van der Waals surface area (Å²) in [5, 5.41) is 2.96. The molecule has 0 aliphatic rings. The van der Waals surface area contributed by atoms with Gasteiger partial charge in [0.1, 0.15) is 10.7 Å². The maximum Gasteiger partial charge on any atom is 0.265 e. The number of thioether (sulfide) groups is 1. The van der Waals surface area contributed by atoms with E-state index in [0.29, 0.717) is 18.1 Å². The molecule has 0 radical (unpaired) electrons. The molecule has 0 atom stereocenters. The van der Waals surface area contributed by atoms with Gasteiger partial charge in [-0.3, -0.25) is 4.72 Å². The van der Waals surface area contributed by atoms with Crippen LogP contribution in [0.25, 0.3) is 0 Å². The molecule has 1 heterocycles. The molecule has 2 aromatic rings. The van der Waals surface area contributed by atoms with Gasteiger partial charge in [0.05, 0.1) is 0 Å². The Morgan fingerprint density at radius 1 is 1.24 bits per heavy atom. The lowest BCUT2D eigenvalue weighted by Crippen LogP contribution is -2.16. The second-order valence-corrected chi connectivity index (χ2v) is 6.75. The van der Waals surface area contributed by atoms with Crippen molar-refractivity contribution >= 4 is 33.3 Å². The molecule has 0 saturated carbocycles. The van der Waals surface area contributed by atoms with E-state index in [4.69, 9.17) is 0 Å². The molecule has 1 aromatic carbocycles. The van der Waals surface area contributed by atoms with E-state index in [1.54, 1.807) is 36.2 Å². The average Bonchev–Trinajstić information content (AvgIpc) is 2.48. The molecule has 7 heteroatoms. The van der Waals surface area contributed by atoms with Gasteiger partial charge in [-0.05, 0) is 43.5 Å². The maximum atomic E-state index is 12.5. The summed E-state index contributed by atoms with van der Waals surface area (Å²) in [6, 6.07) is 10.4. The van der Waals surface area contributed by atoms with Crippen LogP contribution in [0.5, 0.6) is 0 Å². The Bertz CT molecular complexity index is 718. The minimum atomic E-state index is -3.68. The SMILES string of the molecule is CCNc1ncccc1S(=O)(=O)Nc1cccc(SC)c1. The molecule has 5 nitrogen and oxygen atoms in total. The molecule has 0 unspecified atom stereocenters. The van der Waals surface area contributed by atoms with E-state index in [2.05, 4.69) is 15.0 Å². The largest absolute Gasteiger partial charge is 0.369 e. The summed E-state index contributed by atoms with van der Waals surface area (Å²) in [4.78, 5) is 5.21. The molecule has 0 bridgehead atoms. The third kappa shape index (κ3) is 3.89. The van der Waals surface area contributed by atoms with Gasteiger partial charge in [-0.15, -0.1) is 11.8 Å². The molecule has 21 heavy (non-hydrogen) atoms. The number of aromatic nitrogens is 1. The van der Waals surface area contributed by atoms with E-state index in [1.807, 2.05) is 25.3 Å². The van der Waals surface area contributed by atoms with Crippen LogP contribution in [0.4, 0.5) is 11.5 Å². The molecule has 1 aromatic heterocycles. The number of anilines is 2. The zero-order valence-electron chi connectivity index (χ0n) is 11.8. The lowest BCUT2D eigenvalue weighted by Gasteiger charge is -2.12. The van der Waals surface area contributed by atoms with Gasteiger partial charge in [0.25, 0.3) is 10.0 Å². The Hall–Kier alpha value is -1.73. The quantitative estimate of drug-likeness (QED) is 0.800. The summed E-state index contributed by atoms with van der Waals surface area (Å²) in [5.74, 6) is 0.355. The van der Waals surface area contributed by atoms with E-state index in [9.17, 15) is 8.42 Å². The number of benzene rings is 1. The molecule has 2 rings (SSSR count). The molecule has 0 amide bonds. The topological polar surface area (TPSA) is 71.1 Å². The van der Waals surface area contributed by atoms with Gasteiger partial charge in [-0.2, -0.15) is 0 Å². The Morgan fingerprint density at radius 3 is 2.76 bits per heavy atom. The lowest BCUT2D eigenvalue weighted by atomic mass is 10.3. The number of nitrogens with one attached hydrogen (secondary N) is 2. The van der Waals surface area contributed by atoms with Gasteiger partial charge >= 0.3 is 0 Å². The van der Waals surface area contributed by atoms with Crippen LogP contribution in [-0.2, 0) is 10.0 Å². The number of hydrogen-bond acceptors (Lipinski definition) is 5. The molecule has 0 saturated heterocycles. The molecule has 112 valence electrons. The van der Waals surface area contributed by atoms with Crippen LogP contribution in [0.1, 0.15) is 6.92 Å². The third-order valence-corrected chi connectivity index (χ3v) is 4.86. The van der Waals surface area contributed by atoms with Crippen molar-refractivity contribution in [2.24, 2.45) is 0 Å². The molecule has 0 fully saturated rings. The zero-order valence-corrected chi connectivity index (χ0v) is 13.5. The van der Waals surface area contributed by atoms with Crippen molar-refractivity contribution in [1.82, 2.24) is 4.98 Å². The molecule has 0 aliphatic carbocycles. The van der Waals surface area contributed by atoms with Crippen LogP contribution >= 0.6 is 11.8 Å². The number of nitrogens with zero attached hydrogens (tertiary/aromatic N) is 1. The van der Waals surface area contributed by atoms with Gasteiger partial charge < -0.3 is 5.32 Å². The lowest BCUT2D eigenvalue weighted by molar-refractivity contribution is 0.601. The second kappa shape index (κ2) is 6.82. The Kier molecular flexibility index (Phi) is 5.08. The van der Waals surface area contributed by atoms with Crippen molar-refractivity contribution in [1.29, 1.82) is 0 Å². The number of sulfonamides is 1. The molecule has 2 N–H and O–H groups in total. The standard InChI is InChI=1S/C14H17N3O2S2/c1-3-15-14-13(8-5-9-16-14)21(18,19)17-11-6-4-7-12(10-11)20-2/h4-10,17H,3H2,1-2H3,(H,15,16). The summed E-state index contributed by atoms with van der Waals surface area (Å²) < 4.78 is 27.6. The Balaban J connectivity index is 2.34. The molecular formula is C14H17N3O2S2. The fraction of sp³-hybridized carbons (Fsp3) is 0.214. The van der Waals surface area contributed by atoms with Gasteiger partial charge in [0.2, 0.25) is 0 Å². The Labute approximate surface area is 129 Å². The van der Waals surface area contributed by atoms with E-state index in [1.165, 1.54) is 6.07 Å². The van der Waals surface area contributed by atoms with Crippen LogP contribution in [0.15, 0.2) is 52.4 Å². The van der Waals surface area contributed by atoms with Crippen molar-refractivity contribution in [3.63, 3.8) is 0 Å². The van der Waals surface area contributed by atoms with Crippen LogP contribution in [0.3, 0.4) is 0 Å². The van der Waals surface area contributed by atoms with Crippen molar-refractivity contribution in [3.8, 4) is 0 Å². The van der Waals surface area contributed by atoms with E-state index < -0.39 is 10.0 Å². The van der Waals surface area contributed by atoms with Gasteiger partial charge in [-0.1, -0.05) is 6.07 Å². The minimum Gasteiger partial charge on any atom is -0.369 e. The normalized spacial score (nSPS) is 11.1. The summed E-state index contributed by atoms with van der Waals surface area (Å²) in [6.45, 7) is 2.49. The van der Waals surface area contributed by atoms with Gasteiger partial charge in [-0.25, -0.2) is 13.4 Å². The highest BCUT2D eigenvalue weighted by molar-refractivity contribution is 7.98. The van der Waals surface area contributed by atoms with Crippen LogP contribution in [-0.4, -0.2) is 26.2 Å². The third-order valence-electron chi connectivity index (χ3n) is 2.73. The summed E-state index contributed by atoms with van der Waals surface area (Å²) in [5.41, 5.74) is 0.535. The highest BCUT2D eigenvalue weighted by atomic mass is 32.2. The van der Waals surface area contributed by atoms with Gasteiger partial charge in [0, 0.05) is 23.3 Å². The van der Waals surface area contributed by atoms with Gasteiger partial charge in [0.15, 0.2) is 0 Å². The maximum absolute atomic E-state index is 12.5. The first-order valence-electron chi connectivity index (χ1n) is 6.42. The molecule has 0 spiro atoms. The number of pyridine rings is 1. The Morgan fingerprint density at radius 2 is 2.05 bits per heavy atom. The highest BCUT2D eigenvalue weighted by Gasteiger charge is 2.19.